The van der Waals surface area contributed by atoms with Gasteiger partial charge >= 0.3 is 0 Å². The number of benzene rings is 2. The maximum absolute atomic E-state index is 11.6. The van der Waals surface area contributed by atoms with Gasteiger partial charge in [0, 0.05) is 21.8 Å². The summed E-state index contributed by atoms with van der Waals surface area (Å²) in [5.41, 5.74) is 3.54. The lowest BCUT2D eigenvalue weighted by Crippen LogP contribution is -2.25. The van der Waals surface area contributed by atoms with Crippen LogP contribution < -0.4 is 10.7 Å². The first kappa shape index (κ1) is 15.8. The quantitative estimate of drug-likeness (QED) is 0.484. The van der Waals surface area contributed by atoms with Crippen molar-refractivity contribution >= 4 is 33.7 Å². The fraction of sp³-hybridized carbons (Fsp3) is 0.0667. The number of rotatable bonds is 5. The molecule has 0 bridgehead atoms. The van der Waals surface area contributed by atoms with E-state index in [4.69, 9.17) is 5.11 Å². The van der Waals surface area contributed by atoms with Crippen LogP contribution in [0.25, 0.3) is 0 Å². The maximum Gasteiger partial charge on any atom is 0.259 e. The fourth-order valence-corrected chi connectivity index (χ4v) is 2.03. The van der Waals surface area contributed by atoms with Gasteiger partial charge in [0.25, 0.3) is 5.91 Å². The van der Waals surface area contributed by atoms with Gasteiger partial charge in [-0.3, -0.25) is 4.79 Å². The summed E-state index contributed by atoms with van der Waals surface area (Å²) >= 11 is 3.34. The van der Waals surface area contributed by atoms with Gasteiger partial charge in [0.1, 0.15) is 11.5 Å². The molecule has 0 radical (unpaired) electrons. The Morgan fingerprint density at radius 2 is 2.05 bits per heavy atom. The van der Waals surface area contributed by atoms with Crippen molar-refractivity contribution in [1.29, 1.82) is 0 Å². The minimum absolute atomic E-state index is 0.0445. The Labute approximate surface area is 135 Å². The van der Waals surface area contributed by atoms with Crippen LogP contribution in [-0.4, -0.2) is 28.9 Å². The third-order valence-corrected chi connectivity index (χ3v) is 3.18. The van der Waals surface area contributed by atoms with Crippen molar-refractivity contribution < 1.29 is 15.0 Å². The van der Waals surface area contributed by atoms with Crippen molar-refractivity contribution in [2.75, 3.05) is 11.9 Å². The second-order valence-corrected chi connectivity index (χ2v) is 5.32. The Kier molecular flexibility index (Phi) is 5.37. The number of hydrogen-bond donors (Lipinski definition) is 4. The molecular weight excluding hydrogens is 350 g/mol. The van der Waals surface area contributed by atoms with Crippen molar-refractivity contribution in [2.24, 2.45) is 5.10 Å². The first-order valence-corrected chi connectivity index (χ1v) is 7.17. The number of aromatic hydroxyl groups is 2. The van der Waals surface area contributed by atoms with Crippen LogP contribution in [0.3, 0.4) is 0 Å². The van der Waals surface area contributed by atoms with E-state index in [1.54, 1.807) is 0 Å². The van der Waals surface area contributed by atoms with Gasteiger partial charge in [0.2, 0.25) is 0 Å². The average Bonchev–Trinajstić information content (AvgIpc) is 2.47. The molecule has 0 aliphatic heterocycles. The van der Waals surface area contributed by atoms with Gasteiger partial charge in [-0.1, -0.05) is 22.0 Å². The third-order valence-electron chi connectivity index (χ3n) is 2.68. The highest BCUT2D eigenvalue weighted by Crippen LogP contribution is 2.20. The monoisotopic (exact) mass is 363 g/mol. The summed E-state index contributed by atoms with van der Waals surface area (Å²) in [6, 6.07) is 11.5. The van der Waals surface area contributed by atoms with Gasteiger partial charge in [0.05, 0.1) is 12.8 Å². The molecule has 0 spiro atoms. The molecule has 7 heteroatoms. The summed E-state index contributed by atoms with van der Waals surface area (Å²) in [6.45, 7) is 0.0648. The predicted molar refractivity (Wildman–Crippen MR) is 88.1 cm³/mol. The van der Waals surface area contributed by atoms with Crippen molar-refractivity contribution in [3.63, 3.8) is 0 Å². The molecule has 22 heavy (non-hydrogen) atoms. The van der Waals surface area contributed by atoms with Crippen LogP contribution in [0.15, 0.2) is 52.0 Å². The number of phenolic OH excluding ortho intramolecular Hbond substituents is 2. The predicted octanol–water partition coefficient (Wildman–Crippen LogP) is 2.42. The van der Waals surface area contributed by atoms with Crippen molar-refractivity contribution in [1.82, 2.24) is 5.43 Å². The highest BCUT2D eigenvalue weighted by atomic mass is 79.9. The molecule has 0 saturated carbocycles. The molecule has 0 aliphatic carbocycles. The SMILES string of the molecule is O=C(CNc1cccc(Br)c1)N/N=C/c1ccc(O)cc1O. The third kappa shape index (κ3) is 4.78. The fourth-order valence-electron chi connectivity index (χ4n) is 1.64. The number of anilines is 1. The smallest absolute Gasteiger partial charge is 0.259 e. The standard InChI is InChI=1S/C15H14BrN3O3/c16-11-2-1-3-12(6-11)17-9-15(22)19-18-8-10-4-5-13(20)7-14(10)21/h1-8,17,20-21H,9H2,(H,19,22)/b18-8+. The second kappa shape index (κ2) is 7.46. The first-order valence-electron chi connectivity index (χ1n) is 6.38. The Balaban J connectivity index is 1.83. The zero-order valence-corrected chi connectivity index (χ0v) is 13.0. The molecular formula is C15H14BrN3O3. The molecule has 0 fully saturated rings. The molecule has 0 heterocycles. The van der Waals surface area contributed by atoms with E-state index < -0.39 is 0 Å². The molecule has 114 valence electrons. The topological polar surface area (TPSA) is 94.0 Å². The van der Waals surface area contributed by atoms with E-state index >= 15 is 0 Å². The van der Waals surface area contributed by atoms with E-state index in [1.807, 2.05) is 24.3 Å². The molecule has 0 aromatic heterocycles. The molecule has 2 rings (SSSR count). The van der Waals surface area contributed by atoms with Crippen LogP contribution in [0.2, 0.25) is 0 Å². The number of carbonyl (C=O) groups excluding carboxylic acids is 1. The van der Waals surface area contributed by atoms with Gasteiger partial charge in [-0.2, -0.15) is 5.10 Å². The second-order valence-electron chi connectivity index (χ2n) is 4.40. The highest BCUT2D eigenvalue weighted by Gasteiger charge is 2.01. The van der Waals surface area contributed by atoms with E-state index in [1.165, 1.54) is 24.4 Å². The maximum atomic E-state index is 11.6. The molecule has 2 aromatic rings. The molecule has 0 aliphatic rings. The molecule has 1 amide bonds. The Hall–Kier alpha value is -2.54. The number of hydrazone groups is 1. The summed E-state index contributed by atoms with van der Waals surface area (Å²) in [5, 5.41) is 25.4. The zero-order valence-electron chi connectivity index (χ0n) is 11.5. The van der Waals surface area contributed by atoms with Crippen LogP contribution in [0.5, 0.6) is 11.5 Å². The molecule has 6 nitrogen and oxygen atoms in total. The Bertz CT molecular complexity index is 704. The zero-order chi connectivity index (χ0) is 15.9. The van der Waals surface area contributed by atoms with Crippen LogP contribution in [-0.2, 0) is 4.79 Å². The Morgan fingerprint density at radius 3 is 2.77 bits per heavy atom. The minimum atomic E-state index is -0.325. The van der Waals surface area contributed by atoms with Gasteiger partial charge in [0.15, 0.2) is 0 Å². The van der Waals surface area contributed by atoms with E-state index in [0.717, 1.165) is 10.2 Å². The number of halogens is 1. The van der Waals surface area contributed by atoms with Crippen LogP contribution >= 0.6 is 15.9 Å². The van der Waals surface area contributed by atoms with E-state index in [9.17, 15) is 9.90 Å². The van der Waals surface area contributed by atoms with Crippen molar-refractivity contribution in [2.45, 2.75) is 0 Å². The number of nitrogens with one attached hydrogen (secondary N) is 2. The summed E-state index contributed by atoms with van der Waals surface area (Å²) in [6.07, 6.45) is 1.30. The van der Waals surface area contributed by atoms with Gasteiger partial charge < -0.3 is 15.5 Å². The summed E-state index contributed by atoms with van der Waals surface area (Å²) < 4.78 is 0.915. The normalized spacial score (nSPS) is 10.6. The average molecular weight is 364 g/mol. The molecule has 2 aromatic carbocycles. The van der Waals surface area contributed by atoms with Crippen LogP contribution in [0, 0.1) is 0 Å². The first-order chi connectivity index (χ1) is 10.5. The number of carbonyl (C=O) groups is 1. The van der Waals surface area contributed by atoms with Gasteiger partial charge in [-0.05, 0) is 30.3 Å². The molecule has 4 N–H and O–H groups in total. The lowest BCUT2D eigenvalue weighted by atomic mass is 10.2. The van der Waals surface area contributed by atoms with E-state index in [0.29, 0.717) is 5.56 Å². The van der Waals surface area contributed by atoms with E-state index in [-0.39, 0.29) is 24.0 Å². The van der Waals surface area contributed by atoms with Crippen LogP contribution in [0.1, 0.15) is 5.56 Å². The number of hydrogen-bond acceptors (Lipinski definition) is 5. The number of amides is 1. The molecule has 0 atom stereocenters. The van der Waals surface area contributed by atoms with Crippen molar-refractivity contribution in [3.05, 3.63) is 52.5 Å². The van der Waals surface area contributed by atoms with E-state index in [2.05, 4.69) is 31.8 Å². The van der Waals surface area contributed by atoms with Crippen molar-refractivity contribution in [3.8, 4) is 11.5 Å². The molecule has 0 unspecified atom stereocenters. The molecule has 0 saturated heterocycles. The summed E-state index contributed by atoms with van der Waals surface area (Å²) in [4.78, 5) is 11.6. The lowest BCUT2D eigenvalue weighted by Gasteiger charge is -2.05. The van der Waals surface area contributed by atoms with Gasteiger partial charge in [-0.15, -0.1) is 0 Å². The Morgan fingerprint density at radius 1 is 1.23 bits per heavy atom. The number of nitrogens with zero attached hydrogens (tertiary/aromatic N) is 1. The highest BCUT2D eigenvalue weighted by molar-refractivity contribution is 9.10. The summed E-state index contributed by atoms with van der Waals surface area (Å²) in [5.74, 6) is -0.489. The minimum Gasteiger partial charge on any atom is -0.508 e. The lowest BCUT2D eigenvalue weighted by molar-refractivity contribution is -0.119. The summed E-state index contributed by atoms with van der Waals surface area (Å²) in [7, 11) is 0. The number of phenols is 2. The van der Waals surface area contributed by atoms with Crippen LogP contribution in [0.4, 0.5) is 5.69 Å². The largest absolute Gasteiger partial charge is 0.508 e. The van der Waals surface area contributed by atoms with Gasteiger partial charge in [-0.25, -0.2) is 5.43 Å².